The Morgan fingerprint density at radius 3 is 2.38 bits per heavy atom. The van der Waals surface area contributed by atoms with Gasteiger partial charge >= 0.3 is 0 Å². The second kappa shape index (κ2) is 4.38. The smallest absolute Gasteiger partial charge is 0.0740 e. The van der Waals surface area contributed by atoms with Gasteiger partial charge in [0.25, 0.3) is 0 Å². The number of nitrogens with two attached hydrogens (primary N) is 1. The molecule has 0 aromatic carbocycles. The Bertz CT molecular complexity index is 179. The van der Waals surface area contributed by atoms with Crippen molar-refractivity contribution < 1.29 is 0 Å². The first-order valence-corrected chi connectivity index (χ1v) is 5.41. The minimum atomic E-state index is 0.541. The largest absolute Gasteiger partial charge is 0.393 e. The van der Waals surface area contributed by atoms with Crippen LogP contribution >= 0.6 is 12.2 Å². The number of rotatable bonds is 3. The predicted molar refractivity (Wildman–Crippen MR) is 60.9 cm³/mol. The lowest BCUT2D eigenvalue weighted by Crippen LogP contribution is -2.38. The summed E-state index contributed by atoms with van der Waals surface area (Å²) >= 11 is 4.86. The molecule has 0 saturated carbocycles. The average Bonchev–Trinajstić information content (AvgIpc) is 2.02. The lowest BCUT2D eigenvalue weighted by molar-refractivity contribution is 0.135. The summed E-state index contributed by atoms with van der Waals surface area (Å²) in [5.74, 6) is 0. The first kappa shape index (κ1) is 10.9. The molecule has 0 aromatic heterocycles. The van der Waals surface area contributed by atoms with Crippen LogP contribution in [0, 0.1) is 5.41 Å². The van der Waals surface area contributed by atoms with Crippen LogP contribution in [0.3, 0.4) is 0 Å². The third kappa shape index (κ3) is 4.05. The standard InChI is InChI=1S/C10H20N2S/c1-10(2)4-7-12(8-5-10)6-3-9(11)13/h3-8H2,1-2H3,(H2,11,13). The normalized spacial score (nSPS) is 22.9. The molecule has 0 amide bonds. The molecular weight excluding hydrogens is 180 g/mol. The second-order valence-corrected chi connectivity index (χ2v) is 5.25. The van der Waals surface area contributed by atoms with Crippen LogP contribution in [0.25, 0.3) is 0 Å². The van der Waals surface area contributed by atoms with Crippen LogP contribution in [0.4, 0.5) is 0 Å². The quantitative estimate of drug-likeness (QED) is 0.704. The van der Waals surface area contributed by atoms with E-state index < -0.39 is 0 Å². The molecule has 0 radical (unpaired) electrons. The van der Waals surface area contributed by atoms with E-state index in [1.165, 1.54) is 25.9 Å². The third-order valence-corrected chi connectivity index (χ3v) is 3.09. The molecule has 76 valence electrons. The summed E-state index contributed by atoms with van der Waals surface area (Å²) in [6.07, 6.45) is 3.46. The number of nitrogens with zero attached hydrogens (tertiary/aromatic N) is 1. The minimum Gasteiger partial charge on any atom is -0.393 e. The highest BCUT2D eigenvalue weighted by Gasteiger charge is 2.24. The molecule has 0 unspecified atom stereocenters. The molecule has 1 heterocycles. The summed E-state index contributed by atoms with van der Waals surface area (Å²) in [6, 6.07) is 0. The van der Waals surface area contributed by atoms with E-state index in [1.54, 1.807) is 0 Å². The van der Waals surface area contributed by atoms with Gasteiger partial charge in [0.1, 0.15) is 0 Å². The van der Waals surface area contributed by atoms with Crippen LogP contribution < -0.4 is 5.73 Å². The number of thiocarbonyl (C=S) groups is 1. The van der Waals surface area contributed by atoms with E-state index in [1.807, 2.05) is 0 Å². The van der Waals surface area contributed by atoms with Gasteiger partial charge in [-0.25, -0.2) is 0 Å². The Labute approximate surface area is 86.5 Å². The SMILES string of the molecule is CC1(C)CCN(CCC(N)=S)CC1. The number of piperidine rings is 1. The van der Waals surface area contributed by atoms with Gasteiger partial charge in [-0.3, -0.25) is 0 Å². The zero-order valence-corrected chi connectivity index (χ0v) is 9.49. The molecule has 1 aliphatic rings. The topological polar surface area (TPSA) is 29.3 Å². The maximum atomic E-state index is 5.47. The molecule has 0 atom stereocenters. The molecule has 1 fully saturated rings. The van der Waals surface area contributed by atoms with Crippen molar-refractivity contribution in [3.63, 3.8) is 0 Å². The molecule has 2 nitrogen and oxygen atoms in total. The van der Waals surface area contributed by atoms with Crippen LogP contribution in [0.2, 0.25) is 0 Å². The Balaban J connectivity index is 2.21. The maximum absolute atomic E-state index is 5.47. The van der Waals surface area contributed by atoms with Gasteiger partial charge in [0.2, 0.25) is 0 Å². The highest BCUT2D eigenvalue weighted by molar-refractivity contribution is 7.80. The Morgan fingerprint density at radius 1 is 1.38 bits per heavy atom. The Hall–Kier alpha value is -0.150. The van der Waals surface area contributed by atoms with Crippen molar-refractivity contribution in [2.24, 2.45) is 11.1 Å². The van der Waals surface area contributed by atoms with Gasteiger partial charge < -0.3 is 10.6 Å². The van der Waals surface area contributed by atoms with Crippen molar-refractivity contribution in [1.29, 1.82) is 0 Å². The maximum Gasteiger partial charge on any atom is 0.0740 e. The first-order valence-electron chi connectivity index (χ1n) is 5.00. The molecular formula is C10H20N2S. The van der Waals surface area contributed by atoms with Crippen molar-refractivity contribution in [1.82, 2.24) is 4.90 Å². The average molecular weight is 200 g/mol. The number of hydrogen-bond acceptors (Lipinski definition) is 2. The van der Waals surface area contributed by atoms with E-state index in [0.717, 1.165) is 13.0 Å². The molecule has 3 heteroatoms. The monoisotopic (exact) mass is 200 g/mol. The molecule has 13 heavy (non-hydrogen) atoms. The van der Waals surface area contributed by atoms with Gasteiger partial charge in [-0.1, -0.05) is 26.1 Å². The molecule has 0 aliphatic carbocycles. The highest BCUT2D eigenvalue weighted by atomic mass is 32.1. The fraction of sp³-hybridized carbons (Fsp3) is 0.900. The van der Waals surface area contributed by atoms with Crippen LogP contribution in [0.5, 0.6) is 0 Å². The number of likely N-dealkylation sites (tertiary alicyclic amines) is 1. The lowest BCUT2D eigenvalue weighted by Gasteiger charge is -2.36. The third-order valence-electron chi connectivity index (χ3n) is 2.88. The molecule has 1 saturated heterocycles. The van der Waals surface area contributed by atoms with Gasteiger partial charge in [0.05, 0.1) is 4.99 Å². The van der Waals surface area contributed by atoms with Crippen LogP contribution in [0.15, 0.2) is 0 Å². The first-order chi connectivity index (χ1) is 5.99. The Morgan fingerprint density at radius 2 is 1.92 bits per heavy atom. The van der Waals surface area contributed by atoms with E-state index in [0.29, 0.717) is 10.4 Å². The summed E-state index contributed by atoms with van der Waals surface area (Å²) in [5, 5.41) is 0. The van der Waals surface area contributed by atoms with Crippen molar-refractivity contribution >= 4 is 17.2 Å². The minimum absolute atomic E-state index is 0.541. The summed E-state index contributed by atoms with van der Waals surface area (Å²) in [5.41, 5.74) is 6.01. The summed E-state index contributed by atoms with van der Waals surface area (Å²) in [7, 11) is 0. The van der Waals surface area contributed by atoms with Crippen molar-refractivity contribution in [3.05, 3.63) is 0 Å². The van der Waals surface area contributed by atoms with Gasteiger partial charge in [-0.05, 0) is 31.3 Å². The summed E-state index contributed by atoms with van der Waals surface area (Å²) in [4.78, 5) is 3.11. The fourth-order valence-electron chi connectivity index (χ4n) is 1.65. The lowest BCUT2D eigenvalue weighted by atomic mass is 9.83. The van der Waals surface area contributed by atoms with Crippen molar-refractivity contribution in [2.75, 3.05) is 19.6 Å². The van der Waals surface area contributed by atoms with Crippen LogP contribution in [-0.4, -0.2) is 29.5 Å². The van der Waals surface area contributed by atoms with Gasteiger partial charge in [-0.15, -0.1) is 0 Å². The van der Waals surface area contributed by atoms with E-state index in [4.69, 9.17) is 18.0 Å². The number of hydrogen-bond donors (Lipinski definition) is 1. The van der Waals surface area contributed by atoms with Crippen molar-refractivity contribution in [2.45, 2.75) is 33.1 Å². The molecule has 0 bridgehead atoms. The van der Waals surface area contributed by atoms with Gasteiger partial charge in [-0.2, -0.15) is 0 Å². The van der Waals surface area contributed by atoms with Gasteiger partial charge in [0, 0.05) is 13.0 Å². The van der Waals surface area contributed by atoms with E-state index >= 15 is 0 Å². The molecule has 2 N–H and O–H groups in total. The highest BCUT2D eigenvalue weighted by Crippen LogP contribution is 2.29. The molecule has 0 aromatic rings. The van der Waals surface area contributed by atoms with Gasteiger partial charge in [0.15, 0.2) is 0 Å². The zero-order valence-electron chi connectivity index (χ0n) is 8.68. The van der Waals surface area contributed by atoms with Crippen LogP contribution in [0.1, 0.15) is 33.1 Å². The van der Waals surface area contributed by atoms with E-state index in [-0.39, 0.29) is 0 Å². The summed E-state index contributed by atoms with van der Waals surface area (Å²) in [6.45, 7) is 8.15. The fourth-order valence-corrected chi connectivity index (χ4v) is 1.74. The zero-order chi connectivity index (χ0) is 9.90. The molecule has 1 aliphatic heterocycles. The molecule has 0 spiro atoms. The van der Waals surface area contributed by atoms with Crippen molar-refractivity contribution in [3.8, 4) is 0 Å². The van der Waals surface area contributed by atoms with E-state index in [9.17, 15) is 0 Å². The van der Waals surface area contributed by atoms with Crippen LogP contribution in [-0.2, 0) is 0 Å². The predicted octanol–water partition coefficient (Wildman–Crippen LogP) is 1.78. The molecule has 1 rings (SSSR count). The Kier molecular flexibility index (Phi) is 3.68. The summed E-state index contributed by atoms with van der Waals surface area (Å²) < 4.78 is 0. The van der Waals surface area contributed by atoms with E-state index in [2.05, 4.69) is 18.7 Å². The second-order valence-electron chi connectivity index (χ2n) is 4.72.